The number of aliphatic hydroxyl groups is 1. The number of aliphatic hydroxyl groups excluding tert-OH is 1. The Morgan fingerprint density at radius 2 is 1.46 bits per heavy atom. The van der Waals surface area contributed by atoms with Gasteiger partial charge in [0.1, 0.15) is 48.0 Å². The van der Waals surface area contributed by atoms with Gasteiger partial charge in [-0.25, -0.2) is 34.7 Å². The van der Waals surface area contributed by atoms with Crippen molar-refractivity contribution in [2.45, 2.75) is 14.7 Å². The molecule has 0 amide bonds. The van der Waals surface area contributed by atoms with Crippen LogP contribution in [0.3, 0.4) is 0 Å². The number of methoxy groups -OCH3 is 1. The van der Waals surface area contributed by atoms with Gasteiger partial charge in [-0.3, -0.25) is 9.89 Å². The van der Waals surface area contributed by atoms with E-state index in [9.17, 15) is 59.3 Å². The molecule has 0 aliphatic rings. The molecule has 1 heterocycles. The predicted octanol–water partition coefficient (Wildman–Crippen LogP) is -3.15. The maximum atomic E-state index is 13.1. The minimum Gasteiger partial charge on any atom is -0.744 e. The van der Waals surface area contributed by atoms with Crippen LogP contribution in [-0.4, -0.2) is 90.0 Å². The molecule has 0 saturated carbocycles. The van der Waals surface area contributed by atoms with E-state index in [1.54, 1.807) is 0 Å². The second-order valence-corrected chi connectivity index (χ2v) is 15.4. The van der Waals surface area contributed by atoms with Gasteiger partial charge in [-0.1, -0.05) is 6.07 Å². The molecule has 5 N–H and O–H groups in total. The van der Waals surface area contributed by atoms with E-state index < -0.39 is 103 Å². The van der Waals surface area contributed by atoms with Gasteiger partial charge >= 0.3 is 65.1 Å². The molecule has 21 nitrogen and oxygen atoms in total. The molecular weight excluding hydrogens is 878 g/mol. The standard InChI is InChI=1S/C29H24N6O15S3.Cu.2Na/c1-50-21-12-19(20(37)13-22(21)51(42,43)9-8-36)31-32-24-23(53(47,48)49)10-14-2-3-15(11-18(14)27(24)38)30-33-25-26(29(40)41)34-35(28(25)39)16-4-6-17(7-5-16)52(44,45)46;;;/h2-7,10-13,34,36-38H,8-9H2,1H3,(H,40,41)(H,44,45,46)(H,47,48,49);;;/q;;2*+1/p-2. The first-order chi connectivity index (χ1) is 24.8. The third-order valence-electron chi connectivity index (χ3n) is 7.25. The van der Waals surface area contributed by atoms with Crippen LogP contribution in [-0.2, 0) is 47.1 Å². The van der Waals surface area contributed by atoms with Crippen LogP contribution in [0.4, 0.5) is 22.7 Å². The van der Waals surface area contributed by atoms with Gasteiger partial charge in [0.2, 0.25) is 0 Å². The number of hydrogen-bond acceptors (Lipinski definition) is 18. The largest absolute Gasteiger partial charge is 1.00 e. The summed E-state index contributed by atoms with van der Waals surface area (Å²) in [4.78, 5) is 22.8. The number of phenolic OH excluding ortho intramolecular Hbond substituents is 2. The fraction of sp³-hybridized carbons (Fsp3) is 0.103. The number of phenols is 2. The molecule has 0 aliphatic carbocycles. The summed E-state index contributed by atoms with van der Waals surface area (Å²) in [6.45, 7) is -0.739. The summed E-state index contributed by atoms with van der Waals surface area (Å²) < 4.78 is 101. The summed E-state index contributed by atoms with van der Waals surface area (Å²) in [7, 11) is -13.2. The number of H-pyrrole nitrogens is 1. The number of rotatable bonds is 12. The van der Waals surface area contributed by atoms with Crippen molar-refractivity contribution in [3.63, 3.8) is 0 Å². The normalized spacial score (nSPS) is 11.9. The van der Waals surface area contributed by atoms with E-state index in [4.69, 9.17) is 9.84 Å². The van der Waals surface area contributed by atoms with Crippen molar-refractivity contribution in [1.82, 2.24) is 9.78 Å². The maximum Gasteiger partial charge on any atom is 1.00 e. The zero-order valence-electron chi connectivity index (χ0n) is 28.7. The van der Waals surface area contributed by atoms with E-state index in [2.05, 4.69) is 25.6 Å². The van der Waals surface area contributed by atoms with Crippen molar-refractivity contribution in [3.05, 3.63) is 76.7 Å². The van der Waals surface area contributed by atoms with Crippen molar-refractivity contribution in [2.24, 2.45) is 20.5 Å². The number of hydrogen-bond donors (Lipinski definition) is 5. The fourth-order valence-corrected chi connectivity index (χ4v) is 7.07. The van der Waals surface area contributed by atoms with E-state index in [1.165, 1.54) is 12.1 Å². The maximum absolute atomic E-state index is 13.1. The number of fused-ring (bicyclic) bond motifs is 1. The summed E-state index contributed by atoms with van der Waals surface area (Å²) in [5.74, 6) is -4.43. The number of benzene rings is 4. The number of carboxylic acids is 1. The van der Waals surface area contributed by atoms with Crippen LogP contribution in [0.25, 0.3) is 16.5 Å². The van der Waals surface area contributed by atoms with Crippen LogP contribution in [0.1, 0.15) is 10.5 Å². The Bertz CT molecular complexity index is 2780. The molecule has 0 spiro atoms. The van der Waals surface area contributed by atoms with E-state index >= 15 is 0 Å². The molecule has 0 atom stereocenters. The number of aromatic hydroxyl groups is 2. The number of aromatic amines is 1. The van der Waals surface area contributed by atoms with E-state index in [1.807, 2.05) is 0 Å². The van der Waals surface area contributed by atoms with Crippen molar-refractivity contribution in [3.8, 4) is 22.9 Å². The summed E-state index contributed by atoms with van der Waals surface area (Å²) >= 11 is 0. The molecule has 5 rings (SSSR count). The number of ether oxygens (including phenoxy) is 1. The number of sulfone groups is 1. The molecule has 0 unspecified atom stereocenters. The minimum absolute atomic E-state index is 0. The first-order valence-electron chi connectivity index (χ1n) is 14.2. The van der Waals surface area contributed by atoms with Crippen molar-refractivity contribution in [1.29, 1.82) is 0 Å². The second-order valence-electron chi connectivity index (χ2n) is 10.6. The van der Waals surface area contributed by atoms with Crippen LogP contribution >= 0.6 is 0 Å². The predicted molar refractivity (Wildman–Crippen MR) is 177 cm³/mol. The SMILES string of the molecule is COc1cc(N=Nc2c(S(=O)(=O)[O-])cc3ccc(N=Nc4c(C(=O)O)[nH]n(-c5ccc(S(=O)(=O)[O-])cc5)c4=O)cc3c2O)c(O)cc1S(=O)(=O)CCO.[Cu].[Na+].[Na+]. The summed E-state index contributed by atoms with van der Waals surface area (Å²) in [5, 5.41) is 57.2. The Balaban J connectivity index is 0.00000361. The first-order valence-corrected chi connectivity index (χ1v) is 18.7. The Hall–Kier alpha value is -3.53. The molecule has 56 heavy (non-hydrogen) atoms. The summed E-state index contributed by atoms with van der Waals surface area (Å²) in [6.07, 6.45) is 0. The van der Waals surface area contributed by atoms with Crippen LogP contribution in [0.5, 0.6) is 17.2 Å². The topological polar surface area (TPSA) is 343 Å². The van der Waals surface area contributed by atoms with Crippen LogP contribution in [0.2, 0.25) is 0 Å². The van der Waals surface area contributed by atoms with Crippen LogP contribution in [0, 0.1) is 0 Å². The Morgan fingerprint density at radius 3 is 2.02 bits per heavy atom. The van der Waals surface area contributed by atoms with Crippen molar-refractivity contribution in [2.75, 3.05) is 19.5 Å². The van der Waals surface area contributed by atoms with Gasteiger partial charge in [-0.05, 0) is 47.9 Å². The molecule has 4 aromatic carbocycles. The zero-order valence-corrected chi connectivity index (χ0v) is 36.1. The minimum atomic E-state index is -5.35. The number of nitrogens with one attached hydrogen (secondary N) is 1. The van der Waals surface area contributed by atoms with E-state index in [-0.39, 0.29) is 104 Å². The average molecular weight is 900 g/mol. The zero-order chi connectivity index (χ0) is 39.0. The Labute approximate surface area is 370 Å². The molecule has 0 saturated heterocycles. The van der Waals surface area contributed by atoms with E-state index in [0.29, 0.717) is 4.68 Å². The quantitative estimate of drug-likeness (QED) is 0.0469. The summed E-state index contributed by atoms with van der Waals surface area (Å²) in [6, 6.07) is 9.91. The average Bonchev–Trinajstić information content (AvgIpc) is 3.42. The number of carboxylic acid groups (broad SMARTS) is 1. The monoisotopic (exact) mass is 899 g/mol. The number of carbonyl (C=O) groups is 1. The van der Waals surface area contributed by atoms with Crippen LogP contribution < -0.4 is 69.4 Å². The smallest absolute Gasteiger partial charge is 0.744 e. The van der Waals surface area contributed by atoms with Crippen molar-refractivity contribution < 1.29 is 140 Å². The summed E-state index contributed by atoms with van der Waals surface area (Å²) in [5.41, 5.74) is -4.14. The number of nitrogens with zero attached hydrogens (tertiary/aromatic N) is 5. The molecule has 0 bridgehead atoms. The number of azo groups is 2. The third kappa shape index (κ3) is 10.3. The molecule has 1 aromatic heterocycles. The first kappa shape index (κ1) is 48.6. The van der Waals surface area contributed by atoms with E-state index in [0.717, 1.165) is 55.6 Å². The third-order valence-corrected chi connectivity index (χ3v) is 10.7. The van der Waals surface area contributed by atoms with Crippen LogP contribution in [0.15, 0.2) is 101 Å². The molecule has 0 aliphatic heterocycles. The van der Waals surface area contributed by atoms with Gasteiger partial charge in [0.25, 0.3) is 5.56 Å². The number of aromatic nitrogens is 2. The van der Waals surface area contributed by atoms with Gasteiger partial charge < -0.3 is 34.3 Å². The second kappa shape index (κ2) is 18.8. The van der Waals surface area contributed by atoms with Gasteiger partial charge in [0, 0.05) is 34.6 Å². The molecular formula is C29H22CuN6Na2O15S3. The van der Waals surface area contributed by atoms with Crippen molar-refractivity contribution >= 4 is 69.6 Å². The Kier molecular flexibility index (Phi) is 16.3. The Morgan fingerprint density at radius 1 is 0.839 bits per heavy atom. The van der Waals surface area contributed by atoms with Gasteiger partial charge in [-0.15, -0.1) is 15.3 Å². The van der Waals surface area contributed by atoms with Gasteiger partial charge in [0.05, 0.1) is 40.6 Å². The molecule has 5 aromatic rings. The fourth-order valence-electron chi connectivity index (χ4n) is 4.76. The number of aromatic carboxylic acids is 1. The molecule has 27 heteroatoms. The molecule has 1 radical (unpaired) electrons. The van der Waals surface area contributed by atoms with Gasteiger partial charge in [0.15, 0.2) is 27.0 Å². The molecule has 0 fully saturated rings. The van der Waals surface area contributed by atoms with Gasteiger partial charge in [-0.2, -0.15) is 5.11 Å². The molecule has 289 valence electrons.